The van der Waals surface area contributed by atoms with Crippen LogP contribution < -0.4 is 5.73 Å². The van der Waals surface area contributed by atoms with Crippen molar-refractivity contribution in [2.24, 2.45) is 5.73 Å². The van der Waals surface area contributed by atoms with Crippen LogP contribution in [0, 0.1) is 0 Å². The average molecular weight is 291 g/mol. The molecule has 0 aliphatic heterocycles. The Morgan fingerprint density at radius 3 is 2.16 bits per heavy atom. The van der Waals surface area contributed by atoms with E-state index < -0.39 is 24.7 Å². The fourth-order valence-electron chi connectivity index (χ4n) is 1.40. The third-order valence-electron chi connectivity index (χ3n) is 2.41. The maximum absolute atomic E-state index is 13.4. The second-order valence-electron chi connectivity index (χ2n) is 3.89. The summed E-state index contributed by atoms with van der Waals surface area (Å²) in [6.45, 7) is 1.56. The van der Waals surface area contributed by atoms with E-state index in [0.29, 0.717) is 11.1 Å². The van der Waals surface area contributed by atoms with Crippen LogP contribution in [0.3, 0.4) is 0 Å². The highest BCUT2D eigenvalue weighted by Gasteiger charge is 2.50. The summed E-state index contributed by atoms with van der Waals surface area (Å²) in [6, 6.07) is 4.25. The van der Waals surface area contributed by atoms with Crippen molar-refractivity contribution in [3.8, 4) is 0 Å². The minimum atomic E-state index is -5.57. The van der Waals surface area contributed by atoms with Gasteiger partial charge in [0.1, 0.15) is 0 Å². The first-order chi connectivity index (χ1) is 8.55. The summed E-state index contributed by atoms with van der Waals surface area (Å²) in [4.78, 5) is 27.8. The van der Waals surface area contributed by atoms with Crippen molar-refractivity contribution in [2.75, 3.05) is 0 Å². The number of allylic oxidation sites excluding steroid dienone is 1. The zero-order valence-electron chi connectivity index (χ0n) is 9.88. The maximum atomic E-state index is 13.4. The van der Waals surface area contributed by atoms with E-state index >= 15 is 0 Å². The lowest BCUT2D eigenvalue weighted by Gasteiger charge is -2.18. The molecule has 1 aromatic rings. The molecule has 0 aromatic heterocycles. The molecule has 0 saturated carbocycles. The predicted octanol–water partition coefficient (Wildman–Crippen LogP) is 1.80. The second-order valence-corrected chi connectivity index (χ2v) is 5.54. The van der Waals surface area contributed by atoms with Crippen LogP contribution in [-0.2, 0) is 15.0 Å². The van der Waals surface area contributed by atoms with Crippen LogP contribution in [0.25, 0.3) is 5.57 Å². The maximum Gasteiger partial charge on any atom is 0.399 e. The fraction of sp³-hybridized carbons (Fsp3) is 0.182. The van der Waals surface area contributed by atoms with Crippen LogP contribution in [-0.4, -0.2) is 15.7 Å². The molecule has 1 amide bonds. The number of nitrogens with two attached hydrogens (primary N) is 1. The quantitative estimate of drug-likeness (QED) is 0.581. The summed E-state index contributed by atoms with van der Waals surface area (Å²) in [5, 5.41) is 0. The Hall–Kier alpha value is -1.56. The summed E-state index contributed by atoms with van der Waals surface area (Å²) in [7, 11) is -5.57. The Morgan fingerprint density at radius 1 is 1.32 bits per heavy atom. The molecule has 0 aliphatic carbocycles. The Morgan fingerprint density at radius 2 is 1.79 bits per heavy atom. The molecule has 0 unspecified atom stereocenters. The monoisotopic (exact) mass is 291 g/mol. The van der Waals surface area contributed by atoms with Crippen LogP contribution in [0.4, 0.5) is 8.78 Å². The summed E-state index contributed by atoms with van der Waals surface area (Å²) in [5.41, 5.74) is 0.816. The highest BCUT2D eigenvalue weighted by atomic mass is 31.2. The third kappa shape index (κ3) is 3.47. The van der Waals surface area contributed by atoms with E-state index in [1.54, 1.807) is 6.92 Å². The van der Waals surface area contributed by atoms with Gasteiger partial charge in [-0.25, -0.2) is 0 Å². The van der Waals surface area contributed by atoms with Gasteiger partial charge < -0.3 is 15.5 Å². The van der Waals surface area contributed by atoms with Crippen molar-refractivity contribution in [1.82, 2.24) is 0 Å². The molecular formula is C11H12F2NO4P. The van der Waals surface area contributed by atoms with Crippen molar-refractivity contribution in [2.45, 2.75) is 12.6 Å². The van der Waals surface area contributed by atoms with Crippen molar-refractivity contribution in [3.05, 3.63) is 41.5 Å². The normalized spacial score (nSPS) is 13.4. The largest absolute Gasteiger partial charge is 0.399 e. The SMILES string of the molecule is C/C(=C\C(N)=O)c1ccc(C(F)(F)P(=O)(O)O)cc1. The van der Waals surface area contributed by atoms with Gasteiger partial charge in [-0.05, 0) is 18.1 Å². The van der Waals surface area contributed by atoms with Crippen molar-refractivity contribution in [1.29, 1.82) is 0 Å². The Labute approximate surface area is 107 Å². The van der Waals surface area contributed by atoms with E-state index in [1.165, 1.54) is 12.1 Å². The third-order valence-corrected chi connectivity index (χ3v) is 3.40. The van der Waals surface area contributed by atoms with Crippen molar-refractivity contribution < 1.29 is 27.9 Å². The van der Waals surface area contributed by atoms with Gasteiger partial charge in [-0.15, -0.1) is 0 Å². The molecule has 0 fully saturated rings. The number of hydrogen-bond acceptors (Lipinski definition) is 2. The number of halogens is 2. The molecule has 8 heteroatoms. The second kappa shape index (κ2) is 5.21. The van der Waals surface area contributed by atoms with Crippen LogP contribution in [0.2, 0.25) is 0 Å². The van der Waals surface area contributed by atoms with E-state index in [2.05, 4.69) is 0 Å². The molecular weight excluding hydrogens is 279 g/mol. The Bertz CT molecular complexity index is 563. The molecule has 0 heterocycles. The molecule has 5 nitrogen and oxygen atoms in total. The minimum Gasteiger partial charge on any atom is -0.366 e. The molecule has 0 aliphatic rings. The number of primary amides is 1. The lowest BCUT2D eigenvalue weighted by molar-refractivity contribution is -0.113. The smallest absolute Gasteiger partial charge is 0.366 e. The number of benzene rings is 1. The molecule has 1 rings (SSSR count). The lowest BCUT2D eigenvalue weighted by Crippen LogP contribution is -2.13. The van der Waals surface area contributed by atoms with Gasteiger partial charge in [0, 0.05) is 11.6 Å². The predicted molar refractivity (Wildman–Crippen MR) is 65.2 cm³/mol. The number of rotatable bonds is 4. The first-order valence-electron chi connectivity index (χ1n) is 5.08. The van der Waals surface area contributed by atoms with E-state index in [9.17, 15) is 18.1 Å². The summed E-state index contributed by atoms with van der Waals surface area (Å²) < 4.78 is 37.4. The molecule has 0 bridgehead atoms. The van der Waals surface area contributed by atoms with Gasteiger partial charge in [0.2, 0.25) is 5.91 Å². The Kier molecular flexibility index (Phi) is 4.25. The van der Waals surface area contributed by atoms with Gasteiger partial charge in [-0.3, -0.25) is 9.36 Å². The molecule has 1 aromatic carbocycles. The fourth-order valence-corrected chi connectivity index (χ4v) is 1.88. The van der Waals surface area contributed by atoms with Gasteiger partial charge in [0.25, 0.3) is 0 Å². The Balaban J connectivity index is 3.14. The van der Waals surface area contributed by atoms with Crippen molar-refractivity contribution in [3.63, 3.8) is 0 Å². The molecule has 4 N–H and O–H groups in total. The van der Waals surface area contributed by atoms with Crippen LogP contribution in [0.1, 0.15) is 18.1 Å². The van der Waals surface area contributed by atoms with Gasteiger partial charge in [0.05, 0.1) is 0 Å². The van der Waals surface area contributed by atoms with Crippen LogP contribution in [0.5, 0.6) is 0 Å². The van der Waals surface area contributed by atoms with E-state index in [4.69, 9.17) is 15.5 Å². The number of amides is 1. The zero-order chi connectivity index (χ0) is 14.8. The van der Waals surface area contributed by atoms with Crippen LogP contribution in [0.15, 0.2) is 30.3 Å². The minimum absolute atomic E-state index is 0.448. The van der Waals surface area contributed by atoms with Crippen LogP contribution >= 0.6 is 7.60 Å². The van der Waals surface area contributed by atoms with E-state index in [0.717, 1.165) is 18.2 Å². The molecule has 19 heavy (non-hydrogen) atoms. The molecule has 0 atom stereocenters. The van der Waals surface area contributed by atoms with Gasteiger partial charge in [-0.2, -0.15) is 8.78 Å². The highest BCUT2D eigenvalue weighted by Crippen LogP contribution is 2.59. The number of hydrogen-bond donors (Lipinski definition) is 3. The zero-order valence-corrected chi connectivity index (χ0v) is 10.8. The molecule has 104 valence electrons. The first kappa shape index (κ1) is 15.5. The number of carbonyl (C=O) groups is 1. The summed E-state index contributed by atoms with van der Waals surface area (Å²) in [6.07, 6.45) is 1.12. The average Bonchev–Trinajstić information content (AvgIpc) is 2.26. The lowest BCUT2D eigenvalue weighted by atomic mass is 10.1. The topological polar surface area (TPSA) is 101 Å². The number of carbonyl (C=O) groups excluding carboxylic acids is 1. The van der Waals surface area contributed by atoms with Crippen molar-refractivity contribution >= 4 is 19.1 Å². The van der Waals surface area contributed by atoms with Gasteiger partial charge in [0.15, 0.2) is 0 Å². The highest BCUT2D eigenvalue weighted by molar-refractivity contribution is 7.52. The van der Waals surface area contributed by atoms with E-state index in [1.807, 2.05) is 0 Å². The van der Waals surface area contributed by atoms with Gasteiger partial charge in [-0.1, -0.05) is 24.3 Å². The number of alkyl halides is 2. The summed E-state index contributed by atoms with van der Waals surface area (Å²) >= 11 is 0. The van der Waals surface area contributed by atoms with Gasteiger partial charge >= 0.3 is 13.3 Å². The summed E-state index contributed by atoms with van der Waals surface area (Å²) in [5.74, 6) is -0.679. The molecule has 0 radical (unpaired) electrons. The van der Waals surface area contributed by atoms with E-state index in [-0.39, 0.29) is 0 Å². The molecule has 0 spiro atoms. The first-order valence-corrected chi connectivity index (χ1v) is 6.69. The standard InChI is InChI=1S/C11H12F2NO4P/c1-7(6-10(14)15)8-2-4-9(5-3-8)11(12,13)19(16,17)18/h2-6H,1H3,(H2,14,15)(H2,16,17,18)/b7-6+. The molecule has 0 saturated heterocycles.